The summed E-state index contributed by atoms with van der Waals surface area (Å²) in [6, 6.07) is 10.7. The lowest BCUT2D eigenvalue weighted by atomic mass is 9.92. The third-order valence-corrected chi connectivity index (χ3v) is 4.34. The van der Waals surface area contributed by atoms with Gasteiger partial charge in [0, 0.05) is 19.1 Å². The van der Waals surface area contributed by atoms with E-state index in [4.69, 9.17) is 9.47 Å². The van der Waals surface area contributed by atoms with Crippen LogP contribution in [0.4, 0.5) is 0 Å². The number of hydrogen-bond acceptors (Lipinski definition) is 2. The van der Waals surface area contributed by atoms with Crippen molar-refractivity contribution < 1.29 is 9.47 Å². The van der Waals surface area contributed by atoms with E-state index >= 15 is 0 Å². The molecule has 0 aliphatic heterocycles. The van der Waals surface area contributed by atoms with Crippen LogP contribution in [-0.4, -0.2) is 19.5 Å². The van der Waals surface area contributed by atoms with E-state index < -0.39 is 0 Å². The summed E-state index contributed by atoms with van der Waals surface area (Å²) in [6.07, 6.45) is 10.4. The van der Waals surface area contributed by atoms with E-state index in [9.17, 15) is 0 Å². The standard InChI is InChI=1S/C21H36O2/c1-4-7-8-9-10-11-15-18-20(19-16-13-12-14-17-19)21(22-5-2)23-6-3/h12-14,16-17,20-21H,4-11,15,18H2,1-3H3. The van der Waals surface area contributed by atoms with Gasteiger partial charge in [0.2, 0.25) is 0 Å². The molecule has 0 aromatic heterocycles. The molecule has 2 heteroatoms. The van der Waals surface area contributed by atoms with Crippen molar-refractivity contribution in [1.82, 2.24) is 0 Å². The lowest BCUT2D eigenvalue weighted by molar-refractivity contribution is -0.151. The van der Waals surface area contributed by atoms with Gasteiger partial charge in [0.25, 0.3) is 0 Å². The summed E-state index contributed by atoms with van der Waals surface area (Å²) in [5.41, 5.74) is 1.34. The number of ether oxygens (including phenoxy) is 2. The van der Waals surface area contributed by atoms with Crippen LogP contribution >= 0.6 is 0 Å². The topological polar surface area (TPSA) is 18.5 Å². The molecule has 1 atom stereocenters. The van der Waals surface area contributed by atoms with Gasteiger partial charge >= 0.3 is 0 Å². The van der Waals surface area contributed by atoms with E-state index in [0.29, 0.717) is 19.1 Å². The lowest BCUT2D eigenvalue weighted by Crippen LogP contribution is -2.26. The van der Waals surface area contributed by atoms with Crippen LogP contribution in [0.5, 0.6) is 0 Å². The lowest BCUT2D eigenvalue weighted by Gasteiger charge is -2.27. The summed E-state index contributed by atoms with van der Waals surface area (Å²) in [7, 11) is 0. The van der Waals surface area contributed by atoms with Crippen molar-refractivity contribution in [3.63, 3.8) is 0 Å². The molecule has 0 saturated carbocycles. The van der Waals surface area contributed by atoms with Crippen LogP contribution < -0.4 is 0 Å². The zero-order valence-electron chi connectivity index (χ0n) is 15.4. The number of hydrogen-bond donors (Lipinski definition) is 0. The second-order valence-electron chi connectivity index (χ2n) is 6.21. The van der Waals surface area contributed by atoms with Crippen molar-refractivity contribution >= 4 is 0 Å². The maximum atomic E-state index is 5.89. The molecule has 0 bridgehead atoms. The molecular formula is C21H36O2. The maximum absolute atomic E-state index is 5.89. The Morgan fingerprint density at radius 3 is 1.87 bits per heavy atom. The van der Waals surface area contributed by atoms with Crippen LogP contribution in [0.1, 0.15) is 83.6 Å². The molecule has 0 spiro atoms. The van der Waals surface area contributed by atoms with E-state index in [1.165, 1.54) is 50.5 Å². The van der Waals surface area contributed by atoms with Crippen molar-refractivity contribution in [2.45, 2.75) is 84.3 Å². The van der Waals surface area contributed by atoms with Gasteiger partial charge in [-0.3, -0.25) is 0 Å². The van der Waals surface area contributed by atoms with Crippen molar-refractivity contribution in [2.24, 2.45) is 0 Å². The highest BCUT2D eigenvalue weighted by Crippen LogP contribution is 2.29. The molecule has 0 N–H and O–H groups in total. The number of benzene rings is 1. The zero-order chi connectivity index (χ0) is 16.8. The fourth-order valence-corrected chi connectivity index (χ4v) is 3.09. The van der Waals surface area contributed by atoms with Gasteiger partial charge in [0.15, 0.2) is 6.29 Å². The fourth-order valence-electron chi connectivity index (χ4n) is 3.09. The molecular weight excluding hydrogens is 284 g/mol. The largest absolute Gasteiger partial charge is 0.352 e. The zero-order valence-corrected chi connectivity index (χ0v) is 15.4. The van der Waals surface area contributed by atoms with Crippen molar-refractivity contribution in [1.29, 1.82) is 0 Å². The van der Waals surface area contributed by atoms with E-state index in [1.807, 2.05) is 13.8 Å². The van der Waals surface area contributed by atoms with Gasteiger partial charge in [0.05, 0.1) is 0 Å². The smallest absolute Gasteiger partial charge is 0.164 e. The molecule has 0 fully saturated rings. The molecule has 0 aliphatic rings. The Balaban J connectivity index is 2.51. The first kappa shape index (κ1) is 20.2. The molecule has 23 heavy (non-hydrogen) atoms. The SMILES string of the molecule is CCCCCCCCCC(c1ccccc1)C(OCC)OCC. The third kappa shape index (κ3) is 8.53. The first-order valence-corrected chi connectivity index (χ1v) is 9.61. The summed E-state index contributed by atoms with van der Waals surface area (Å²) in [6.45, 7) is 7.76. The van der Waals surface area contributed by atoms with E-state index in [2.05, 4.69) is 37.3 Å². The molecule has 0 aliphatic carbocycles. The predicted molar refractivity (Wildman–Crippen MR) is 98.8 cm³/mol. The minimum Gasteiger partial charge on any atom is -0.352 e. The average molecular weight is 321 g/mol. The normalized spacial score (nSPS) is 12.7. The predicted octanol–water partition coefficient (Wildman–Crippen LogP) is 6.31. The summed E-state index contributed by atoms with van der Waals surface area (Å²) in [4.78, 5) is 0. The van der Waals surface area contributed by atoms with E-state index in [-0.39, 0.29) is 6.29 Å². The molecule has 1 unspecified atom stereocenters. The minimum atomic E-state index is -0.118. The number of unbranched alkanes of at least 4 members (excludes halogenated alkanes) is 6. The van der Waals surface area contributed by atoms with Gasteiger partial charge < -0.3 is 9.47 Å². The van der Waals surface area contributed by atoms with Gasteiger partial charge in [-0.05, 0) is 25.8 Å². The Bertz CT molecular complexity index is 357. The van der Waals surface area contributed by atoms with Crippen LogP contribution in [0.15, 0.2) is 30.3 Å². The highest BCUT2D eigenvalue weighted by Gasteiger charge is 2.23. The molecule has 2 nitrogen and oxygen atoms in total. The molecule has 0 amide bonds. The Kier molecular flexibility index (Phi) is 11.9. The highest BCUT2D eigenvalue weighted by molar-refractivity contribution is 5.20. The van der Waals surface area contributed by atoms with Gasteiger partial charge in [-0.2, -0.15) is 0 Å². The van der Waals surface area contributed by atoms with Crippen LogP contribution in [0.2, 0.25) is 0 Å². The summed E-state index contributed by atoms with van der Waals surface area (Å²) in [5, 5.41) is 0. The number of rotatable bonds is 14. The molecule has 0 radical (unpaired) electrons. The van der Waals surface area contributed by atoms with Crippen molar-refractivity contribution in [3.8, 4) is 0 Å². The summed E-state index contributed by atoms with van der Waals surface area (Å²) < 4.78 is 11.8. The molecule has 0 heterocycles. The fraction of sp³-hybridized carbons (Fsp3) is 0.714. The van der Waals surface area contributed by atoms with Crippen LogP contribution in [0.3, 0.4) is 0 Å². The second kappa shape index (κ2) is 13.6. The molecule has 0 saturated heterocycles. The molecule has 1 aromatic carbocycles. The van der Waals surface area contributed by atoms with Gasteiger partial charge in [0.1, 0.15) is 0 Å². The quantitative estimate of drug-likeness (QED) is 0.295. The Hall–Kier alpha value is -0.860. The summed E-state index contributed by atoms with van der Waals surface area (Å²) >= 11 is 0. The van der Waals surface area contributed by atoms with Crippen LogP contribution in [-0.2, 0) is 9.47 Å². The van der Waals surface area contributed by atoms with E-state index in [0.717, 1.165) is 6.42 Å². The third-order valence-electron chi connectivity index (χ3n) is 4.34. The van der Waals surface area contributed by atoms with Crippen LogP contribution in [0, 0.1) is 0 Å². The van der Waals surface area contributed by atoms with Gasteiger partial charge in [-0.25, -0.2) is 0 Å². The van der Waals surface area contributed by atoms with Gasteiger partial charge in [-0.1, -0.05) is 82.2 Å². The van der Waals surface area contributed by atoms with E-state index in [1.54, 1.807) is 0 Å². The molecule has 132 valence electrons. The van der Waals surface area contributed by atoms with Gasteiger partial charge in [-0.15, -0.1) is 0 Å². The first-order chi connectivity index (χ1) is 11.3. The van der Waals surface area contributed by atoms with Crippen LogP contribution in [0.25, 0.3) is 0 Å². The molecule has 1 rings (SSSR count). The Morgan fingerprint density at radius 2 is 1.30 bits per heavy atom. The monoisotopic (exact) mass is 320 g/mol. The molecule has 1 aromatic rings. The summed E-state index contributed by atoms with van der Waals surface area (Å²) in [5.74, 6) is 0.340. The average Bonchev–Trinajstić information content (AvgIpc) is 2.58. The van der Waals surface area contributed by atoms with Crippen molar-refractivity contribution in [3.05, 3.63) is 35.9 Å². The highest BCUT2D eigenvalue weighted by atomic mass is 16.7. The Morgan fingerprint density at radius 1 is 0.739 bits per heavy atom. The van der Waals surface area contributed by atoms with Crippen molar-refractivity contribution in [2.75, 3.05) is 13.2 Å². The first-order valence-electron chi connectivity index (χ1n) is 9.61. The minimum absolute atomic E-state index is 0.118. The maximum Gasteiger partial charge on any atom is 0.164 e. The second-order valence-corrected chi connectivity index (χ2v) is 6.21. The Labute approximate surface area is 143 Å².